The fourth-order valence-corrected chi connectivity index (χ4v) is 2.28. The zero-order valence-electron chi connectivity index (χ0n) is 12.4. The van der Waals surface area contributed by atoms with E-state index in [9.17, 15) is 5.11 Å². The van der Waals surface area contributed by atoms with Crippen LogP contribution in [-0.2, 0) is 6.54 Å². The summed E-state index contributed by atoms with van der Waals surface area (Å²) in [6.45, 7) is 5.12. The molecular formula is C16H27NO2. The maximum absolute atomic E-state index is 10.0. The van der Waals surface area contributed by atoms with Crippen LogP contribution in [0.3, 0.4) is 0 Å². The molecule has 2 N–H and O–H groups in total. The third-order valence-electron chi connectivity index (χ3n) is 3.43. The minimum atomic E-state index is 0.253. The molecule has 0 bridgehead atoms. The zero-order valence-corrected chi connectivity index (χ0v) is 12.4. The summed E-state index contributed by atoms with van der Waals surface area (Å²) in [6, 6.07) is 6.17. The number of hydrogen-bond donors (Lipinski definition) is 2. The van der Waals surface area contributed by atoms with Gasteiger partial charge in [-0.15, -0.1) is 0 Å². The van der Waals surface area contributed by atoms with E-state index in [1.54, 1.807) is 13.2 Å². The molecule has 0 spiro atoms. The average molecular weight is 265 g/mol. The second-order valence-corrected chi connectivity index (χ2v) is 4.98. The number of phenolic OH excluding ortho intramolecular Hbond substituents is 1. The van der Waals surface area contributed by atoms with Crippen LogP contribution in [0.1, 0.15) is 51.5 Å². The Kier molecular flexibility index (Phi) is 7.34. The van der Waals surface area contributed by atoms with E-state index in [2.05, 4.69) is 19.2 Å². The van der Waals surface area contributed by atoms with E-state index in [1.165, 1.54) is 32.1 Å². The first-order chi connectivity index (χ1) is 9.22. The summed E-state index contributed by atoms with van der Waals surface area (Å²) in [7, 11) is 1.58. The number of hydrogen-bond acceptors (Lipinski definition) is 3. The van der Waals surface area contributed by atoms with Gasteiger partial charge < -0.3 is 15.2 Å². The van der Waals surface area contributed by atoms with Crippen molar-refractivity contribution in [3.05, 3.63) is 23.8 Å². The maximum atomic E-state index is 10.0. The zero-order chi connectivity index (χ0) is 14.1. The topological polar surface area (TPSA) is 41.5 Å². The van der Waals surface area contributed by atoms with Gasteiger partial charge >= 0.3 is 0 Å². The van der Waals surface area contributed by atoms with Gasteiger partial charge in [0.2, 0.25) is 0 Å². The number of phenols is 1. The normalized spacial score (nSPS) is 12.4. The molecule has 0 heterocycles. The lowest BCUT2D eigenvalue weighted by atomic mass is 10.0. The highest BCUT2D eigenvalue weighted by Gasteiger charge is 2.10. The Morgan fingerprint density at radius 1 is 1.21 bits per heavy atom. The first-order valence-electron chi connectivity index (χ1n) is 7.31. The van der Waals surface area contributed by atoms with Gasteiger partial charge in [0.1, 0.15) is 0 Å². The molecule has 0 fully saturated rings. The number of rotatable bonds is 9. The molecular weight excluding hydrogens is 238 g/mol. The lowest BCUT2D eigenvalue weighted by molar-refractivity contribution is 0.366. The van der Waals surface area contributed by atoms with Crippen LogP contribution in [0.2, 0.25) is 0 Å². The fraction of sp³-hybridized carbons (Fsp3) is 0.625. The molecule has 0 saturated carbocycles. The molecule has 1 rings (SSSR count). The number of methoxy groups -OCH3 is 1. The Morgan fingerprint density at radius 2 is 2.00 bits per heavy atom. The van der Waals surface area contributed by atoms with E-state index in [0.717, 1.165) is 5.56 Å². The van der Waals surface area contributed by atoms with Gasteiger partial charge in [-0.25, -0.2) is 0 Å². The highest BCUT2D eigenvalue weighted by Crippen LogP contribution is 2.29. The predicted molar refractivity (Wildman–Crippen MR) is 79.7 cm³/mol. The summed E-state index contributed by atoms with van der Waals surface area (Å²) in [5.74, 6) is 0.795. The predicted octanol–water partition coefficient (Wildman–Crippen LogP) is 3.85. The van der Waals surface area contributed by atoms with Crippen LogP contribution >= 0.6 is 0 Å². The molecule has 0 aromatic heterocycles. The Hall–Kier alpha value is -1.22. The molecule has 19 heavy (non-hydrogen) atoms. The molecule has 0 amide bonds. The smallest absolute Gasteiger partial charge is 0.162 e. The van der Waals surface area contributed by atoms with E-state index in [1.807, 2.05) is 12.1 Å². The van der Waals surface area contributed by atoms with Crippen molar-refractivity contribution >= 4 is 0 Å². The molecule has 0 saturated heterocycles. The fourth-order valence-electron chi connectivity index (χ4n) is 2.28. The van der Waals surface area contributed by atoms with Gasteiger partial charge in [-0.05, 0) is 18.9 Å². The largest absolute Gasteiger partial charge is 0.504 e. The highest BCUT2D eigenvalue weighted by molar-refractivity contribution is 5.45. The minimum Gasteiger partial charge on any atom is -0.504 e. The molecule has 1 aromatic carbocycles. The van der Waals surface area contributed by atoms with Gasteiger partial charge in [0.05, 0.1) is 7.11 Å². The summed E-state index contributed by atoms with van der Waals surface area (Å²) < 4.78 is 5.13. The standard InChI is InChI=1S/C16H27NO2/c1-4-6-10-14(8-5-2)17-12-13-9-7-11-15(19-3)16(13)18/h7,9,11,14,17-18H,4-6,8,10,12H2,1-3H3. The second kappa shape index (κ2) is 8.81. The monoisotopic (exact) mass is 265 g/mol. The Labute approximate surface area is 117 Å². The second-order valence-electron chi connectivity index (χ2n) is 4.98. The molecule has 108 valence electrons. The first-order valence-corrected chi connectivity index (χ1v) is 7.31. The van der Waals surface area contributed by atoms with Gasteiger partial charge in [0.25, 0.3) is 0 Å². The molecule has 1 atom stereocenters. The lowest BCUT2D eigenvalue weighted by Crippen LogP contribution is -2.28. The summed E-state index contributed by atoms with van der Waals surface area (Å²) in [5, 5.41) is 13.6. The summed E-state index contributed by atoms with van der Waals surface area (Å²) in [6.07, 6.45) is 6.05. The van der Waals surface area contributed by atoms with Crippen LogP contribution in [0.4, 0.5) is 0 Å². The quantitative estimate of drug-likeness (QED) is 0.712. The molecule has 0 aliphatic carbocycles. The van der Waals surface area contributed by atoms with E-state index < -0.39 is 0 Å². The Bertz CT molecular complexity index is 366. The van der Waals surface area contributed by atoms with Gasteiger partial charge in [0, 0.05) is 18.2 Å². The third-order valence-corrected chi connectivity index (χ3v) is 3.43. The van der Waals surface area contributed by atoms with Crippen molar-refractivity contribution in [3.63, 3.8) is 0 Å². The summed E-state index contributed by atoms with van der Waals surface area (Å²) >= 11 is 0. The van der Waals surface area contributed by atoms with Crippen LogP contribution < -0.4 is 10.1 Å². The third kappa shape index (κ3) is 5.11. The van der Waals surface area contributed by atoms with Crippen molar-refractivity contribution in [2.45, 2.75) is 58.5 Å². The molecule has 0 aliphatic heterocycles. The number of nitrogens with one attached hydrogen (secondary N) is 1. The van der Waals surface area contributed by atoms with Gasteiger partial charge in [-0.3, -0.25) is 0 Å². The number of unbranched alkanes of at least 4 members (excludes halogenated alkanes) is 1. The molecule has 3 nitrogen and oxygen atoms in total. The van der Waals surface area contributed by atoms with Gasteiger partial charge in [0.15, 0.2) is 11.5 Å². The molecule has 0 aliphatic rings. The summed E-state index contributed by atoms with van der Waals surface area (Å²) in [4.78, 5) is 0. The van der Waals surface area contributed by atoms with Crippen LogP contribution in [0.5, 0.6) is 11.5 Å². The van der Waals surface area contributed by atoms with Gasteiger partial charge in [-0.2, -0.15) is 0 Å². The average Bonchev–Trinajstić information content (AvgIpc) is 2.43. The van der Waals surface area contributed by atoms with Crippen molar-refractivity contribution in [2.75, 3.05) is 7.11 Å². The molecule has 1 aromatic rings. The van der Waals surface area contributed by atoms with Crippen molar-refractivity contribution in [1.82, 2.24) is 5.32 Å². The number of para-hydroxylation sites is 1. The molecule has 1 unspecified atom stereocenters. The first kappa shape index (κ1) is 15.8. The van der Waals surface area contributed by atoms with Crippen molar-refractivity contribution < 1.29 is 9.84 Å². The Balaban J connectivity index is 2.58. The van der Waals surface area contributed by atoms with Crippen molar-refractivity contribution in [3.8, 4) is 11.5 Å². The number of benzene rings is 1. The minimum absolute atomic E-state index is 0.253. The number of aromatic hydroxyl groups is 1. The van der Waals surface area contributed by atoms with Crippen molar-refractivity contribution in [2.24, 2.45) is 0 Å². The Morgan fingerprint density at radius 3 is 2.63 bits per heavy atom. The van der Waals surface area contributed by atoms with E-state index in [-0.39, 0.29) is 5.75 Å². The SMILES string of the molecule is CCCCC(CCC)NCc1cccc(OC)c1O. The molecule has 3 heteroatoms. The van der Waals surface area contributed by atoms with E-state index >= 15 is 0 Å². The van der Waals surface area contributed by atoms with Crippen LogP contribution in [0.15, 0.2) is 18.2 Å². The summed E-state index contributed by atoms with van der Waals surface area (Å²) in [5.41, 5.74) is 0.900. The van der Waals surface area contributed by atoms with E-state index in [0.29, 0.717) is 18.3 Å². The van der Waals surface area contributed by atoms with E-state index in [4.69, 9.17) is 4.74 Å². The molecule has 0 radical (unpaired) electrons. The maximum Gasteiger partial charge on any atom is 0.162 e. The van der Waals surface area contributed by atoms with Crippen LogP contribution in [0, 0.1) is 0 Å². The highest BCUT2D eigenvalue weighted by atomic mass is 16.5. The van der Waals surface area contributed by atoms with Crippen LogP contribution in [0.25, 0.3) is 0 Å². The number of ether oxygens (including phenoxy) is 1. The van der Waals surface area contributed by atoms with Crippen molar-refractivity contribution in [1.29, 1.82) is 0 Å². The van der Waals surface area contributed by atoms with Gasteiger partial charge in [-0.1, -0.05) is 45.2 Å². The van der Waals surface area contributed by atoms with Crippen LogP contribution in [-0.4, -0.2) is 18.3 Å². The lowest BCUT2D eigenvalue weighted by Gasteiger charge is -2.18.